The first-order valence-corrected chi connectivity index (χ1v) is 30.6. The predicted octanol–water partition coefficient (Wildman–Crippen LogP) is 13.9. The van der Waals surface area contributed by atoms with Gasteiger partial charge in [0.25, 0.3) is 0 Å². The molecule has 8 fully saturated rings. The van der Waals surface area contributed by atoms with Crippen molar-refractivity contribution in [2.24, 2.45) is 92.7 Å². The first-order chi connectivity index (χ1) is 32.6. The fourth-order valence-corrected chi connectivity index (χ4v) is 18.3. The molecule has 77 heavy (non-hydrogen) atoms. The number of aliphatic hydroxyl groups is 3. The van der Waals surface area contributed by atoms with Gasteiger partial charge in [-0.15, -0.1) is 0 Å². The summed E-state index contributed by atoms with van der Waals surface area (Å²) in [4.78, 5) is 39.5. The van der Waals surface area contributed by atoms with E-state index in [1.54, 1.807) is 0 Å². The maximum atomic E-state index is 13.7. The molecule has 0 spiro atoms. The molecule has 2 radical (unpaired) electrons. The van der Waals surface area contributed by atoms with Gasteiger partial charge in [0.15, 0.2) is 16.3 Å². The normalized spacial score (nSPS) is 38.1. The molecule has 0 aromatic heterocycles. The van der Waals surface area contributed by atoms with Crippen LogP contribution in [0.1, 0.15) is 275 Å². The van der Waals surface area contributed by atoms with E-state index in [1.807, 2.05) is 44.0 Å². The van der Waals surface area contributed by atoms with Crippen LogP contribution in [0, 0.1) is 92.7 Å². The van der Waals surface area contributed by atoms with Crippen LogP contribution in [0.25, 0.3) is 0 Å². The molecule has 0 saturated heterocycles. The molecule has 11 heteroatoms. The maximum Gasteiger partial charge on any atom is 0.182 e. The fourth-order valence-electron chi connectivity index (χ4n) is 18.3. The SMILES string of the molecule is C.C.CC(C)(C)OC(C)(C)C.C[C@H](CCC(C)(C)O)[C@H]1CC[C@H]2[C@@H]3CC[C@H]4CC(=O)CC[C@]4(C)[C@H]3C(=O)C[C@]12C.C[C@H](CCC(C)(C)O)[C@H]1CC[C@H]2[C@@H]3CC[C@H]4C[C@@H](O)CC[C@]4(C)[C@H]3C(=O)C[C@]12C.C[C](C)(C)[AlH].O.O.[Li]. The molecule has 8 rings (SSSR count). The summed E-state index contributed by atoms with van der Waals surface area (Å²) in [5, 5.41) is 30.6. The van der Waals surface area contributed by atoms with E-state index < -0.39 is 11.2 Å². The van der Waals surface area contributed by atoms with Crippen molar-refractivity contribution in [3.8, 4) is 0 Å². The number of aliphatic hydroxyl groups excluding tert-OH is 1. The molecule has 0 bridgehead atoms. The third kappa shape index (κ3) is 18.9. The van der Waals surface area contributed by atoms with Gasteiger partial charge >= 0.3 is 0 Å². The third-order valence-corrected chi connectivity index (χ3v) is 21.0. The summed E-state index contributed by atoms with van der Waals surface area (Å²) in [6, 6.07) is 0. The van der Waals surface area contributed by atoms with Crippen molar-refractivity contribution in [3.63, 3.8) is 0 Å². The Morgan fingerprint density at radius 1 is 0.571 bits per heavy atom. The Morgan fingerprint density at radius 3 is 1.29 bits per heavy atom. The minimum Gasteiger partial charge on any atom is -0.412 e. The molecule has 0 aromatic carbocycles. The molecular weight excluding hydrogens is 971 g/mol. The molecule has 7 N–H and O–H groups in total. The number of fused-ring (bicyclic) bond motifs is 10. The van der Waals surface area contributed by atoms with Crippen LogP contribution in [0.3, 0.4) is 0 Å². The number of hydrogen-bond acceptors (Lipinski definition) is 7. The predicted molar refractivity (Wildman–Crippen MR) is 326 cm³/mol. The Hall–Kier alpha value is -0.100. The van der Waals surface area contributed by atoms with E-state index in [4.69, 9.17) is 4.74 Å². The molecule has 448 valence electrons. The van der Waals surface area contributed by atoms with Gasteiger partial charge in [-0.1, -0.05) is 81.4 Å². The van der Waals surface area contributed by atoms with Gasteiger partial charge in [0.2, 0.25) is 0 Å². The molecule has 0 amide bonds. The van der Waals surface area contributed by atoms with Gasteiger partial charge in [-0.25, -0.2) is 0 Å². The van der Waals surface area contributed by atoms with Gasteiger partial charge in [0.1, 0.15) is 17.3 Å². The first kappa shape index (κ1) is 76.9. The summed E-state index contributed by atoms with van der Waals surface area (Å²) in [6.07, 6.45) is 20.0. The van der Waals surface area contributed by atoms with Crippen molar-refractivity contribution in [2.75, 3.05) is 0 Å². The zero-order valence-electron chi connectivity index (χ0n) is 52.3. The fraction of sp³-hybridized carbons (Fsp3) is 0.955. The Bertz CT molecular complexity index is 1840. The average Bonchev–Trinajstić information content (AvgIpc) is 3.73. The number of ether oxygens (including phenoxy) is 1. The third-order valence-electron chi connectivity index (χ3n) is 21.0. The number of ketones is 3. The molecule has 17 atom stereocenters. The number of rotatable bonds is 8. The molecular formula is C66H126AlLiO9. The summed E-state index contributed by atoms with van der Waals surface area (Å²) < 4.78 is 6.15. The van der Waals surface area contributed by atoms with Crippen molar-refractivity contribution < 1.29 is 45.4 Å². The first-order valence-electron chi connectivity index (χ1n) is 29.9. The second-order valence-electron chi connectivity index (χ2n) is 31.9. The molecule has 0 aliphatic heterocycles. The molecule has 0 heterocycles. The maximum absolute atomic E-state index is 13.7. The summed E-state index contributed by atoms with van der Waals surface area (Å²) in [5.74, 6) is 7.62. The van der Waals surface area contributed by atoms with E-state index in [-0.39, 0.29) is 95.5 Å². The van der Waals surface area contributed by atoms with E-state index in [0.717, 1.165) is 77.0 Å². The van der Waals surface area contributed by atoms with E-state index in [0.29, 0.717) is 93.6 Å². The average molecular weight is 1100 g/mol. The summed E-state index contributed by atoms with van der Waals surface area (Å²) in [5.41, 5.74) is -0.785. The molecule has 8 aliphatic carbocycles. The van der Waals surface area contributed by atoms with E-state index in [2.05, 4.69) is 104 Å². The van der Waals surface area contributed by atoms with Gasteiger partial charge in [-0.05, 0) is 253 Å². The molecule has 8 saturated carbocycles. The van der Waals surface area contributed by atoms with Crippen LogP contribution >= 0.6 is 0 Å². The van der Waals surface area contributed by atoms with Gasteiger partial charge in [0, 0.05) is 56.4 Å². The van der Waals surface area contributed by atoms with Crippen molar-refractivity contribution >= 4 is 52.5 Å². The number of carbonyl (C=O) groups excluding carboxylic acids is 3. The van der Waals surface area contributed by atoms with Crippen LogP contribution < -0.4 is 0 Å². The van der Waals surface area contributed by atoms with Crippen molar-refractivity contribution in [1.29, 1.82) is 0 Å². The quantitative estimate of drug-likeness (QED) is 0.202. The van der Waals surface area contributed by atoms with Crippen molar-refractivity contribution in [3.05, 3.63) is 0 Å². The smallest absolute Gasteiger partial charge is 0.182 e. The van der Waals surface area contributed by atoms with E-state index in [1.165, 1.54) is 38.5 Å². The largest absolute Gasteiger partial charge is 0.412 e. The van der Waals surface area contributed by atoms with Gasteiger partial charge < -0.3 is 31.0 Å². The number of carbonyl (C=O) groups is 3. The molecule has 0 aromatic rings. The Morgan fingerprint density at radius 2 is 0.935 bits per heavy atom. The minimum absolute atomic E-state index is 0. The molecule has 8 aliphatic rings. The number of hydrogen-bond donors (Lipinski definition) is 3. The van der Waals surface area contributed by atoms with Crippen LogP contribution in [0.15, 0.2) is 0 Å². The topological polar surface area (TPSA) is 184 Å². The van der Waals surface area contributed by atoms with Crippen LogP contribution in [-0.2, 0) is 19.1 Å². The van der Waals surface area contributed by atoms with Crippen LogP contribution in [0.2, 0.25) is 4.28 Å². The van der Waals surface area contributed by atoms with Gasteiger partial charge in [-0.3, -0.25) is 14.4 Å². The van der Waals surface area contributed by atoms with Crippen LogP contribution in [0.4, 0.5) is 0 Å². The van der Waals surface area contributed by atoms with Crippen molar-refractivity contribution in [2.45, 2.75) is 308 Å². The summed E-state index contributed by atoms with van der Waals surface area (Å²) >= 11 is 2.01. The second kappa shape index (κ2) is 28.2. The monoisotopic (exact) mass is 1100 g/mol. The Kier molecular flexibility index (Phi) is 28.2. The van der Waals surface area contributed by atoms with Crippen molar-refractivity contribution in [1.82, 2.24) is 0 Å². The zero-order chi connectivity index (χ0) is 54.6. The Labute approximate surface area is 495 Å². The Balaban J connectivity index is 0.00000114. The second-order valence-corrected chi connectivity index (χ2v) is 34.1. The van der Waals surface area contributed by atoms with Crippen LogP contribution in [-0.4, -0.2) is 107 Å². The zero-order valence-corrected chi connectivity index (χ0v) is 53.7. The number of Topliss-reactive ketones (excluding diaryl/α,β-unsaturated/α-hetero) is 3. The molecule has 9 nitrogen and oxygen atoms in total. The minimum atomic E-state index is -0.605. The van der Waals surface area contributed by atoms with E-state index in [9.17, 15) is 29.7 Å². The summed E-state index contributed by atoms with van der Waals surface area (Å²) in [6.45, 7) is 40.9. The van der Waals surface area contributed by atoms with Gasteiger partial charge in [-0.2, -0.15) is 0 Å². The summed E-state index contributed by atoms with van der Waals surface area (Å²) in [7, 11) is 0. The van der Waals surface area contributed by atoms with Crippen LogP contribution in [0.5, 0.6) is 0 Å². The molecule has 0 unspecified atom stereocenters. The van der Waals surface area contributed by atoms with E-state index >= 15 is 0 Å². The van der Waals surface area contributed by atoms with Gasteiger partial charge in [0.05, 0.1) is 28.5 Å². The standard InChI is InChI=1S/C26H44O3.C26H42O3.C8H18O.C4H9.2CH4.Al.Li.2H2O.H/c2*1-16(10-12-24(2,3)29)20-8-9-21-19-7-6-17-14-18(27)11-13-25(17,4)23(19)22(28)15-26(20,21)5;1-7(2,3)9-8(4,5)6;1-4(2)3;;;;;;;/h16-21,23,27,29H,6-15H2,1-5H3;16-17,19-21,23,29H,6-15H2,1-5H3;1-6H3;1-3H3;2*1H4;;;2*1H2;/t16-,17+,18+,19+,20-,21+,23-,25+,26-;16-,17+,19+,20-,21+,23-,25+,26-;;;;;;;;;/m11........./s1.